The van der Waals surface area contributed by atoms with Gasteiger partial charge >= 0.3 is 0 Å². The Labute approximate surface area is 123 Å². The summed E-state index contributed by atoms with van der Waals surface area (Å²) in [7, 11) is 0. The van der Waals surface area contributed by atoms with E-state index in [1.807, 2.05) is 18.2 Å². The number of nitrogens with two attached hydrogens (primary N) is 1. The van der Waals surface area contributed by atoms with Crippen molar-refractivity contribution in [3.63, 3.8) is 0 Å². The molecule has 0 saturated carbocycles. The summed E-state index contributed by atoms with van der Waals surface area (Å²) in [4.78, 5) is 2.20. The van der Waals surface area contributed by atoms with Gasteiger partial charge in [-0.05, 0) is 35.7 Å². The third kappa shape index (κ3) is 2.65. The van der Waals surface area contributed by atoms with Crippen molar-refractivity contribution in [2.45, 2.75) is 19.0 Å². The number of fused-ring (bicyclic) bond motifs is 1. The second-order valence-electron chi connectivity index (χ2n) is 5.22. The molecule has 2 aromatic rings. The molecular formula is C16H16ClFN2. The van der Waals surface area contributed by atoms with Crippen LogP contribution in [0.5, 0.6) is 0 Å². The van der Waals surface area contributed by atoms with Crippen LogP contribution < -0.4 is 10.6 Å². The van der Waals surface area contributed by atoms with Crippen molar-refractivity contribution < 1.29 is 4.39 Å². The van der Waals surface area contributed by atoms with Gasteiger partial charge in [-0.3, -0.25) is 0 Å². The molecule has 4 heteroatoms. The van der Waals surface area contributed by atoms with Gasteiger partial charge in [0.25, 0.3) is 0 Å². The summed E-state index contributed by atoms with van der Waals surface area (Å²) in [5, 5.41) is 0.157. The van der Waals surface area contributed by atoms with E-state index in [4.69, 9.17) is 17.3 Å². The third-order valence-corrected chi connectivity index (χ3v) is 3.93. The van der Waals surface area contributed by atoms with Gasteiger partial charge in [-0.1, -0.05) is 35.9 Å². The minimum Gasteiger partial charge on any atom is -0.365 e. The molecule has 0 fully saturated rings. The maximum Gasteiger partial charge on any atom is 0.142 e. The highest BCUT2D eigenvalue weighted by molar-refractivity contribution is 6.30. The van der Waals surface area contributed by atoms with Crippen molar-refractivity contribution >= 4 is 17.3 Å². The van der Waals surface area contributed by atoms with E-state index >= 15 is 0 Å². The Morgan fingerprint density at radius 2 is 2.05 bits per heavy atom. The van der Waals surface area contributed by atoms with E-state index in [1.165, 1.54) is 17.3 Å². The highest BCUT2D eigenvalue weighted by Crippen LogP contribution is 2.28. The van der Waals surface area contributed by atoms with Crippen LogP contribution in [-0.4, -0.2) is 12.6 Å². The average Bonchev–Trinajstić information content (AvgIpc) is 2.43. The number of halogens is 2. The number of hydrogen-bond acceptors (Lipinski definition) is 2. The van der Waals surface area contributed by atoms with E-state index < -0.39 is 0 Å². The number of para-hydroxylation sites is 1. The van der Waals surface area contributed by atoms with Crippen LogP contribution in [0.4, 0.5) is 10.1 Å². The number of hydrogen-bond donors (Lipinski definition) is 1. The smallest absolute Gasteiger partial charge is 0.142 e. The fourth-order valence-corrected chi connectivity index (χ4v) is 2.85. The van der Waals surface area contributed by atoms with Gasteiger partial charge in [0.1, 0.15) is 5.82 Å². The summed E-state index contributed by atoms with van der Waals surface area (Å²) >= 11 is 5.72. The van der Waals surface area contributed by atoms with Crippen LogP contribution in [0.1, 0.15) is 11.1 Å². The van der Waals surface area contributed by atoms with Crippen molar-refractivity contribution in [1.82, 2.24) is 0 Å². The standard InChI is InChI=1S/C16H16ClFN2/c17-14-6-5-11(7-15(14)18)9-20-10-13(19)8-12-3-1-2-4-16(12)20/h1-7,13H,8-10,19H2. The predicted octanol–water partition coefficient (Wildman–Crippen LogP) is 3.37. The van der Waals surface area contributed by atoms with Gasteiger partial charge in [-0.15, -0.1) is 0 Å². The van der Waals surface area contributed by atoms with E-state index in [0.717, 1.165) is 18.5 Å². The molecule has 0 radical (unpaired) electrons. The van der Waals surface area contributed by atoms with Crippen molar-refractivity contribution in [2.24, 2.45) is 5.73 Å². The molecule has 20 heavy (non-hydrogen) atoms. The Bertz CT molecular complexity index is 630. The Hall–Kier alpha value is -1.58. The lowest BCUT2D eigenvalue weighted by molar-refractivity contribution is 0.594. The molecule has 0 bridgehead atoms. The Morgan fingerprint density at radius 1 is 1.25 bits per heavy atom. The van der Waals surface area contributed by atoms with Crippen LogP contribution in [0.2, 0.25) is 5.02 Å². The van der Waals surface area contributed by atoms with Crippen LogP contribution in [0.25, 0.3) is 0 Å². The molecule has 2 N–H and O–H groups in total. The van der Waals surface area contributed by atoms with Gasteiger partial charge in [-0.25, -0.2) is 4.39 Å². The lowest BCUT2D eigenvalue weighted by Gasteiger charge is -2.34. The fraction of sp³-hybridized carbons (Fsp3) is 0.250. The molecule has 1 atom stereocenters. The van der Waals surface area contributed by atoms with Crippen LogP contribution in [-0.2, 0) is 13.0 Å². The number of benzene rings is 2. The average molecular weight is 291 g/mol. The SMILES string of the molecule is NC1Cc2ccccc2N(Cc2ccc(Cl)c(F)c2)C1. The maximum atomic E-state index is 13.5. The first-order valence-electron chi connectivity index (χ1n) is 6.66. The van der Waals surface area contributed by atoms with Gasteiger partial charge in [0.15, 0.2) is 0 Å². The Kier molecular flexibility index (Phi) is 3.64. The van der Waals surface area contributed by atoms with Gasteiger partial charge in [0, 0.05) is 24.8 Å². The van der Waals surface area contributed by atoms with Crippen LogP contribution in [0, 0.1) is 5.82 Å². The topological polar surface area (TPSA) is 29.3 Å². The lowest BCUT2D eigenvalue weighted by Crippen LogP contribution is -2.42. The minimum absolute atomic E-state index is 0.113. The number of anilines is 1. The lowest BCUT2D eigenvalue weighted by atomic mass is 9.98. The highest BCUT2D eigenvalue weighted by Gasteiger charge is 2.21. The third-order valence-electron chi connectivity index (χ3n) is 3.63. The zero-order valence-electron chi connectivity index (χ0n) is 11.0. The molecule has 1 aliphatic heterocycles. The Balaban J connectivity index is 1.89. The summed E-state index contributed by atoms with van der Waals surface area (Å²) in [5.74, 6) is -0.376. The number of nitrogens with zero attached hydrogens (tertiary/aromatic N) is 1. The van der Waals surface area contributed by atoms with Gasteiger partial charge < -0.3 is 10.6 Å². The first kappa shape index (κ1) is 13.4. The highest BCUT2D eigenvalue weighted by atomic mass is 35.5. The van der Waals surface area contributed by atoms with E-state index in [-0.39, 0.29) is 16.9 Å². The fourth-order valence-electron chi connectivity index (χ4n) is 2.73. The number of rotatable bonds is 2. The maximum absolute atomic E-state index is 13.5. The molecule has 0 saturated heterocycles. The van der Waals surface area contributed by atoms with Crippen molar-refractivity contribution in [2.75, 3.05) is 11.4 Å². The molecule has 1 unspecified atom stereocenters. The molecule has 104 valence electrons. The molecule has 2 aromatic carbocycles. The summed E-state index contributed by atoms with van der Waals surface area (Å²) in [6, 6.07) is 13.3. The second kappa shape index (κ2) is 5.43. The van der Waals surface area contributed by atoms with Crippen LogP contribution in [0.15, 0.2) is 42.5 Å². The van der Waals surface area contributed by atoms with Gasteiger partial charge in [-0.2, -0.15) is 0 Å². The largest absolute Gasteiger partial charge is 0.365 e. The Morgan fingerprint density at radius 3 is 2.85 bits per heavy atom. The van der Waals surface area contributed by atoms with Gasteiger partial charge in [0.2, 0.25) is 0 Å². The zero-order valence-corrected chi connectivity index (χ0v) is 11.8. The summed E-state index contributed by atoms with van der Waals surface area (Å²) in [5.41, 5.74) is 9.45. The molecule has 0 aliphatic carbocycles. The molecule has 2 nitrogen and oxygen atoms in total. The van der Waals surface area contributed by atoms with E-state index in [1.54, 1.807) is 6.07 Å². The molecule has 0 spiro atoms. The van der Waals surface area contributed by atoms with Crippen LogP contribution in [0.3, 0.4) is 0 Å². The van der Waals surface area contributed by atoms with E-state index in [2.05, 4.69) is 17.0 Å². The molecule has 3 rings (SSSR count). The van der Waals surface area contributed by atoms with E-state index in [9.17, 15) is 4.39 Å². The monoisotopic (exact) mass is 290 g/mol. The normalized spacial score (nSPS) is 17.9. The molecular weight excluding hydrogens is 275 g/mol. The molecule has 0 aromatic heterocycles. The quantitative estimate of drug-likeness (QED) is 0.919. The van der Waals surface area contributed by atoms with E-state index in [0.29, 0.717) is 6.54 Å². The van der Waals surface area contributed by atoms with Crippen LogP contribution >= 0.6 is 11.6 Å². The summed E-state index contributed by atoms with van der Waals surface area (Å²) in [6.07, 6.45) is 0.891. The first-order chi connectivity index (χ1) is 9.63. The second-order valence-corrected chi connectivity index (χ2v) is 5.63. The van der Waals surface area contributed by atoms with Gasteiger partial charge in [0.05, 0.1) is 5.02 Å². The predicted molar refractivity (Wildman–Crippen MR) is 80.6 cm³/mol. The molecule has 1 aliphatic rings. The molecule has 1 heterocycles. The van der Waals surface area contributed by atoms with Crippen molar-refractivity contribution in [3.05, 3.63) is 64.4 Å². The van der Waals surface area contributed by atoms with Crippen molar-refractivity contribution in [3.8, 4) is 0 Å². The summed E-state index contributed by atoms with van der Waals surface area (Å²) < 4.78 is 13.5. The zero-order chi connectivity index (χ0) is 14.1. The molecule has 0 amide bonds. The van der Waals surface area contributed by atoms with Crippen molar-refractivity contribution in [1.29, 1.82) is 0 Å². The summed E-state index contributed by atoms with van der Waals surface area (Å²) in [6.45, 7) is 1.42. The minimum atomic E-state index is -0.376. The first-order valence-corrected chi connectivity index (χ1v) is 7.03.